The zero-order valence-corrected chi connectivity index (χ0v) is 31.1. The quantitative estimate of drug-likeness (QED) is 0.177. The number of methoxy groups -OCH3 is 1. The normalized spacial score (nSPS) is 18.1. The van der Waals surface area contributed by atoms with Gasteiger partial charge >= 0.3 is 0 Å². The van der Waals surface area contributed by atoms with E-state index in [-0.39, 0.29) is 17.0 Å². The van der Waals surface area contributed by atoms with Gasteiger partial charge in [0.1, 0.15) is 23.1 Å². The molecular weight excluding hydrogens is 671 g/mol. The third-order valence-electron chi connectivity index (χ3n) is 12.9. The van der Waals surface area contributed by atoms with Crippen LogP contribution in [-0.4, -0.2) is 7.11 Å². The Hall–Kier alpha value is -5.74. The molecule has 2 aliphatic carbocycles. The van der Waals surface area contributed by atoms with Crippen LogP contribution in [0.4, 0.5) is 8.78 Å². The number of ether oxygens (including phenoxy) is 2. The van der Waals surface area contributed by atoms with Crippen LogP contribution < -0.4 is 9.47 Å². The highest BCUT2D eigenvalue weighted by molar-refractivity contribution is 6.08. The van der Waals surface area contributed by atoms with Gasteiger partial charge in [-0.3, -0.25) is 0 Å². The van der Waals surface area contributed by atoms with Gasteiger partial charge in [-0.2, -0.15) is 0 Å². The maximum Gasteiger partial charge on any atom is 0.178 e. The van der Waals surface area contributed by atoms with Gasteiger partial charge in [-0.25, -0.2) is 8.78 Å². The van der Waals surface area contributed by atoms with Gasteiger partial charge in [0.2, 0.25) is 0 Å². The fourth-order valence-electron chi connectivity index (χ4n) is 10.3. The average Bonchev–Trinajstić information content (AvgIpc) is 3.62. The highest BCUT2D eigenvalue weighted by atomic mass is 19.1. The minimum absolute atomic E-state index is 0.253. The molecule has 1 aliphatic heterocycles. The average molecular weight is 711 g/mol. The van der Waals surface area contributed by atoms with Gasteiger partial charge in [-0.05, 0) is 122 Å². The van der Waals surface area contributed by atoms with Crippen molar-refractivity contribution in [2.45, 2.75) is 57.0 Å². The molecule has 0 saturated heterocycles. The zero-order chi connectivity index (χ0) is 37.1. The number of benzene rings is 7. The van der Waals surface area contributed by atoms with Gasteiger partial charge in [0, 0.05) is 32.9 Å². The maximum atomic E-state index is 15.5. The first kappa shape index (κ1) is 32.9. The topological polar surface area (TPSA) is 18.5 Å². The Morgan fingerprint density at radius 2 is 1.33 bits per heavy atom. The largest absolute Gasteiger partial charge is 0.497 e. The van der Waals surface area contributed by atoms with Crippen LogP contribution in [0.3, 0.4) is 0 Å². The first-order valence-corrected chi connectivity index (χ1v) is 19.0. The summed E-state index contributed by atoms with van der Waals surface area (Å²) >= 11 is 0. The Bertz CT molecular complexity index is 2750. The van der Waals surface area contributed by atoms with Crippen LogP contribution in [0, 0.1) is 11.6 Å². The van der Waals surface area contributed by atoms with E-state index < -0.39 is 11.0 Å². The molecule has 1 heterocycles. The second kappa shape index (κ2) is 11.4. The van der Waals surface area contributed by atoms with E-state index in [2.05, 4.69) is 107 Å². The molecule has 0 saturated carbocycles. The lowest BCUT2D eigenvalue weighted by Gasteiger charge is -2.40. The summed E-state index contributed by atoms with van der Waals surface area (Å²) in [6.45, 7) is 8.99. The molecule has 7 aromatic carbocycles. The van der Waals surface area contributed by atoms with Gasteiger partial charge in [0.15, 0.2) is 5.60 Å². The van der Waals surface area contributed by atoms with Crippen LogP contribution in [0.25, 0.3) is 49.9 Å². The monoisotopic (exact) mass is 710 g/mol. The predicted octanol–water partition coefficient (Wildman–Crippen LogP) is 13.0. The first-order valence-electron chi connectivity index (χ1n) is 19.0. The SMILES string of the molecule is CCC1(CC)c2cc(F)ccc2-c2c1c1c(c3cc(F)ccc23)OC(c2ccc(OC)cc2)(c2ccc3c(c2)C(C)(C)c2c-3ccc3ccccc23)C=C1. The number of fused-ring (bicyclic) bond motifs is 13. The van der Waals surface area contributed by atoms with Crippen molar-refractivity contribution < 1.29 is 18.3 Å². The molecule has 0 radical (unpaired) electrons. The van der Waals surface area contributed by atoms with E-state index in [0.717, 1.165) is 62.9 Å². The number of hydrogen-bond acceptors (Lipinski definition) is 2. The van der Waals surface area contributed by atoms with Crippen molar-refractivity contribution in [2.75, 3.05) is 7.11 Å². The minimum Gasteiger partial charge on any atom is -0.497 e. The first-order chi connectivity index (χ1) is 26.1. The predicted molar refractivity (Wildman–Crippen MR) is 216 cm³/mol. The Balaban J connectivity index is 1.25. The molecule has 1 atom stereocenters. The van der Waals surface area contributed by atoms with E-state index >= 15 is 8.78 Å². The van der Waals surface area contributed by atoms with Gasteiger partial charge in [-0.1, -0.05) is 107 Å². The van der Waals surface area contributed by atoms with Crippen LogP contribution in [0.5, 0.6) is 11.5 Å². The minimum atomic E-state index is -1.06. The Morgan fingerprint density at radius 3 is 2.11 bits per heavy atom. The summed E-state index contributed by atoms with van der Waals surface area (Å²) in [5, 5.41) is 4.10. The lowest BCUT2D eigenvalue weighted by atomic mass is 9.71. The molecule has 0 aromatic heterocycles. The van der Waals surface area contributed by atoms with Crippen LogP contribution in [0.1, 0.15) is 79.5 Å². The molecule has 266 valence electrons. The molecule has 3 aliphatic rings. The molecule has 0 spiro atoms. The standard InChI is InChI=1S/C50H40F2O2/c1-6-49(7-2)43-28-33(52)17-23-39(43)44-37-22-16-32(51)27-41(37)47-40(46(44)49)24-25-50(54-47,30-13-18-34(53-5)19-14-30)31-15-21-36-38-20-12-29-10-8-9-11-35(29)45(38)48(3,4)42(36)26-31/h8-28H,6-7H2,1-5H3. The van der Waals surface area contributed by atoms with Gasteiger partial charge < -0.3 is 9.47 Å². The third kappa shape index (κ3) is 4.20. The van der Waals surface area contributed by atoms with E-state index in [1.807, 2.05) is 24.3 Å². The van der Waals surface area contributed by atoms with Crippen molar-refractivity contribution in [3.63, 3.8) is 0 Å². The van der Waals surface area contributed by atoms with Gasteiger partial charge in [-0.15, -0.1) is 0 Å². The molecule has 54 heavy (non-hydrogen) atoms. The Morgan fingerprint density at radius 1 is 0.630 bits per heavy atom. The van der Waals surface area contributed by atoms with Crippen molar-refractivity contribution >= 4 is 27.6 Å². The van der Waals surface area contributed by atoms with Crippen molar-refractivity contribution in [2.24, 2.45) is 0 Å². The fourth-order valence-corrected chi connectivity index (χ4v) is 10.3. The van der Waals surface area contributed by atoms with E-state index in [9.17, 15) is 0 Å². The molecule has 7 aromatic rings. The van der Waals surface area contributed by atoms with Crippen LogP contribution in [0.15, 0.2) is 121 Å². The molecule has 0 N–H and O–H groups in total. The van der Waals surface area contributed by atoms with Crippen LogP contribution in [-0.2, 0) is 16.4 Å². The molecular formula is C50H40F2O2. The molecule has 1 unspecified atom stereocenters. The molecule has 0 bridgehead atoms. The van der Waals surface area contributed by atoms with Crippen molar-refractivity contribution in [3.8, 4) is 33.8 Å². The highest BCUT2D eigenvalue weighted by Crippen LogP contribution is 2.61. The van der Waals surface area contributed by atoms with Crippen molar-refractivity contribution in [1.29, 1.82) is 0 Å². The van der Waals surface area contributed by atoms with Gasteiger partial charge in [0.05, 0.1) is 7.11 Å². The van der Waals surface area contributed by atoms with Crippen molar-refractivity contribution in [3.05, 3.63) is 172 Å². The summed E-state index contributed by atoms with van der Waals surface area (Å²) in [5.74, 6) is 0.793. The summed E-state index contributed by atoms with van der Waals surface area (Å²) in [4.78, 5) is 0. The molecule has 2 nitrogen and oxygen atoms in total. The lowest BCUT2D eigenvalue weighted by molar-refractivity contribution is 0.163. The molecule has 10 rings (SSSR count). The summed E-state index contributed by atoms with van der Waals surface area (Å²) in [6.07, 6.45) is 5.92. The van der Waals surface area contributed by atoms with E-state index in [1.165, 1.54) is 45.2 Å². The Kier molecular flexibility index (Phi) is 6.93. The summed E-state index contributed by atoms with van der Waals surface area (Å²) in [6, 6.07) is 38.0. The summed E-state index contributed by atoms with van der Waals surface area (Å²) < 4.78 is 43.7. The van der Waals surface area contributed by atoms with Crippen LogP contribution in [0.2, 0.25) is 0 Å². The molecule has 0 amide bonds. The van der Waals surface area contributed by atoms with E-state index in [1.54, 1.807) is 19.2 Å². The third-order valence-corrected chi connectivity index (χ3v) is 12.9. The molecule has 0 fully saturated rings. The maximum absolute atomic E-state index is 15.5. The zero-order valence-electron chi connectivity index (χ0n) is 31.1. The number of rotatable bonds is 5. The number of halogens is 2. The second-order valence-electron chi connectivity index (χ2n) is 15.7. The molecule has 4 heteroatoms. The van der Waals surface area contributed by atoms with Gasteiger partial charge in [0.25, 0.3) is 0 Å². The lowest BCUT2D eigenvalue weighted by Crippen LogP contribution is -2.35. The fraction of sp³-hybridized carbons (Fsp3) is 0.200. The Labute approximate surface area is 314 Å². The highest BCUT2D eigenvalue weighted by Gasteiger charge is 2.48. The summed E-state index contributed by atoms with van der Waals surface area (Å²) in [5.41, 5.74) is 10.2. The smallest absolute Gasteiger partial charge is 0.178 e. The van der Waals surface area contributed by atoms with E-state index in [0.29, 0.717) is 11.1 Å². The van der Waals surface area contributed by atoms with E-state index in [4.69, 9.17) is 9.47 Å². The number of hydrogen-bond donors (Lipinski definition) is 0. The second-order valence-corrected chi connectivity index (χ2v) is 15.7. The van der Waals surface area contributed by atoms with Crippen molar-refractivity contribution in [1.82, 2.24) is 0 Å². The van der Waals surface area contributed by atoms with Crippen LogP contribution >= 0.6 is 0 Å². The summed E-state index contributed by atoms with van der Waals surface area (Å²) in [7, 11) is 1.67.